The highest BCUT2D eigenvalue weighted by molar-refractivity contribution is 7.91. The third-order valence-electron chi connectivity index (χ3n) is 1.90. The number of nitrogens with one attached hydrogen (secondary N) is 1. The van der Waals surface area contributed by atoms with E-state index < -0.39 is 28.8 Å². The maximum Gasteiger partial charge on any atom is 0.250 e. The molecule has 0 radical (unpaired) electrons. The van der Waals surface area contributed by atoms with Gasteiger partial charge in [0, 0.05) is 0 Å². The van der Waals surface area contributed by atoms with Crippen LogP contribution in [0, 0.1) is 0 Å². The van der Waals surface area contributed by atoms with Crippen LogP contribution in [-0.2, 0) is 10.0 Å². The molecule has 3 N–H and O–H groups in total. The summed E-state index contributed by atoms with van der Waals surface area (Å²) < 4.78 is 26.1. The molecule has 1 rings (SSSR count). The standard InChI is InChI=1S/C8H12ClNO4S2/c1-5(12)6(4-11)10-16(13,14)8-3-2-7(9)15-8/h2-3,5-6,10-12H,4H2,1H3/t5?,6-/m1/s1. The highest BCUT2D eigenvalue weighted by Crippen LogP contribution is 2.25. The third-order valence-corrected chi connectivity index (χ3v) is 5.11. The molecule has 1 aromatic rings. The fourth-order valence-electron chi connectivity index (χ4n) is 0.988. The summed E-state index contributed by atoms with van der Waals surface area (Å²) in [5, 5.41) is 18.1. The average Bonchev–Trinajstić information content (AvgIpc) is 2.61. The topological polar surface area (TPSA) is 86.6 Å². The first-order chi connectivity index (χ1) is 7.36. The predicted molar refractivity (Wildman–Crippen MR) is 62.2 cm³/mol. The molecule has 92 valence electrons. The summed E-state index contributed by atoms with van der Waals surface area (Å²) in [7, 11) is -3.73. The van der Waals surface area contributed by atoms with Crippen LogP contribution in [0.1, 0.15) is 6.92 Å². The van der Waals surface area contributed by atoms with Gasteiger partial charge < -0.3 is 10.2 Å². The van der Waals surface area contributed by atoms with Crippen molar-refractivity contribution < 1.29 is 18.6 Å². The Morgan fingerprint density at radius 3 is 2.56 bits per heavy atom. The molecule has 1 heterocycles. The minimum absolute atomic E-state index is 0.0524. The summed E-state index contributed by atoms with van der Waals surface area (Å²) in [6.45, 7) is 0.917. The highest BCUT2D eigenvalue weighted by atomic mass is 35.5. The Balaban J connectivity index is 2.87. The van der Waals surface area contributed by atoms with Crippen LogP contribution in [0.5, 0.6) is 0 Å². The number of aliphatic hydroxyl groups is 2. The van der Waals surface area contributed by atoms with Crippen LogP contribution in [-0.4, -0.2) is 37.4 Å². The van der Waals surface area contributed by atoms with Gasteiger partial charge in [0.15, 0.2) is 0 Å². The van der Waals surface area contributed by atoms with Gasteiger partial charge in [-0.2, -0.15) is 0 Å². The smallest absolute Gasteiger partial charge is 0.250 e. The quantitative estimate of drug-likeness (QED) is 0.732. The van der Waals surface area contributed by atoms with E-state index in [1.807, 2.05) is 0 Å². The minimum atomic E-state index is -3.73. The van der Waals surface area contributed by atoms with Crippen LogP contribution in [0.4, 0.5) is 0 Å². The molecule has 0 bridgehead atoms. The van der Waals surface area contributed by atoms with Gasteiger partial charge in [0.25, 0.3) is 10.0 Å². The zero-order valence-electron chi connectivity index (χ0n) is 8.42. The maximum atomic E-state index is 11.7. The number of halogens is 1. The van der Waals surface area contributed by atoms with Crippen LogP contribution < -0.4 is 4.72 Å². The normalized spacial score (nSPS) is 16.0. The van der Waals surface area contributed by atoms with Crippen LogP contribution in [0.2, 0.25) is 4.34 Å². The SMILES string of the molecule is CC(O)[C@@H](CO)NS(=O)(=O)c1ccc(Cl)s1. The van der Waals surface area contributed by atoms with E-state index in [0.29, 0.717) is 4.34 Å². The molecular weight excluding hydrogens is 274 g/mol. The molecule has 16 heavy (non-hydrogen) atoms. The molecule has 8 heteroatoms. The van der Waals surface area contributed by atoms with E-state index in [9.17, 15) is 13.5 Å². The van der Waals surface area contributed by atoms with Gasteiger partial charge in [-0.25, -0.2) is 13.1 Å². The molecule has 0 aliphatic heterocycles. The first-order valence-electron chi connectivity index (χ1n) is 4.43. The molecule has 0 aromatic carbocycles. The monoisotopic (exact) mass is 285 g/mol. The third kappa shape index (κ3) is 3.41. The van der Waals surface area contributed by atoms with Gasteiger partial charge in [-0.1, -0.05) is 11.6 Å². The van der Waals surface area contributed by atoms with Gasteiger partial charge in [-0.05, 0) is 19.1 Å². The molecule has 0 spiro atoms. The molecule has 2 atom stereocenters. The lowest BCUT2D eigenvalue weighted by atomic mass is 10.2. The number of thiophene rings is 1. The van der Waals surface area contributed by atoms with Crippen molar-refractivity contribution in [3.8, 4) is 0 Å². The van der Waals surface area contributed by atoms with E-state index in [2.05, 4.69) is 4.72 Å². The second-order valence-electron chi connectivity index (χ2n) is 3.21. The van der Waals surface area contributed by atoms with Gasteiger partial charge in [-0.15, -0.1) is 11.3 Å². The molecule has 1 unspecified atom stereocenters. The Bertz CT molecular complexity index is 443. The van der Waals surface area contributed by atoms with E-state index in [-0.39, 0.29) is 4.21 Å². The van der Waals surface area contributed by atoms with Crippen molar-refractivity contribution in [1.29, 1.82) is 0 Å². The lowest BCUT2D eigenvalue weighted by Gasteiger charge is -2.18. The van der Waals surface area contributed by atoms with Crippen LogP contribution >= 0.6 is 22.9 Å². The number of hydrogen-bond donors (Lipinski definition) is 3. The van der Waals surface area contributed by atoms with Gasteiger partial charge in [0.05, 0.1) is 23.1 Å². The van der Waals surface area contributed by atoms with Crippen LogP contribution in [0.3, 0.4) is 0 Å². The average molecular weight is 286 g/mol. The van der Waals surface area contributed by atoms with Gasteiger partial charge >= 0.3 is 0 Å². The van der Waals surface area contributed by atoms with Gasteiger partial charge in [-0.3, -0.25) is 0 Å². The Kier molecular flexibility index (Phi) is 4.72. The Labute approximate surface area is 103 Å². The van der Waals surface area contributed by atoms with Crippen molar-refractivity contribution in [1.82, 2.24) is 4.72 Å². The van der Waals surface area contributed by atoms with Crippen molar-refractivity contribution in [3.05, 3.63) is 16.5 Å². The molecular formula is C8H12ClNO4S2. The molecule has 5 nitrogen and oxygen atoms in total. The number of rotatable bonds is 5. The van der Waals surface area contributed by atoms with E-state index in [1.54, 1.807) is 0 Å². The Morgan fingerprint density at radius 1 is 1.56 bits per heavy atom. The summed E-state index contributed by atoms with van der Waals surface area (Å²) in [5.74, 6) is 0. The molecule has 0 saturated carbocycles. The molecule has 0 fully saturated rings. The largest absolute Gasteiger partial charge is 0.395 e. The highest BCUT2D eigenvalue weighted by Gasteiger charge is 2.24. The van der Waals surface area contributed by atoms with E-state index in [4.69, 9.17) is 16.7 Å². The molecule has 0 aliphatic rings. The molecule has 1 aromatic heterocycles. The number of sulfonamides is 1. The van der Waals surface area contributed by atoms with Crippen molar-refractivity contribution in [3.63, 3.8) is 0 Å². The predicted octanol–water partition coefficient (Wildman–Crippen LogP) is 0.421. The van der Waals surface area contributed by atoms with E-state index >= 15 is 0 Å². The fraction of sp³-hybridized carbons (Fsp3) is 0.500. The first kappa shape index (κ1) is 13.9. The summed E-state index contributed by atoms with van der Waals surface area (Å²) in [6.07, 6.45) is -0.977. The molecule has 0 aliphatic carbocycles. The molecule has 0 saturated heterocycles. The van der Waals surface area contributed by atoms with E-state index in [1.165, 1.54) is 19.1 Å². The van der Waals surface area contributed by atoms with E-state index in [0.717, 1.165) is 11.3 Å². The molecule has 0 amide bonds. The fourth-order valence-corrected chi connectivity index (χ4v) is 3.79. The van der Waals surface area contributed by atoms with Gasteiger partial charge in [0.2, 0.25) is 0 Å². The zero-order valence-corrected chi connectivity index (χ0v) is 10.8. The van der Waals surface area contributed by atoms with Crippen LogP contribution in [0.15, 0.2) is 16.3 Å². The van der Waals surface area contributed by atoms with Crippen molar-refractivity contribution >= 4 is 33.0 Å². The van der Waals surface area contributed by atoms with Crippen LogP contribution in [0.25, 0.3) is 0 Å². The first-order valence-corrected chi connectivity index (χ1v) is 7.11. The Hall–Kier alpha value is -0.180. The maximum absolute atomic E-state index is 11.7. The summed E-state index contributed by atoms with van der Waals surface area (Å²) in [6, 6.07) is 1.91. The summed E-state index contributed by atoms with van der Waals surface area (Å²) in [4.78, 5) is 0. The van der Waals surface area contributed by atoms with Crippen molar-refractivity contribution in [2.75, 3.05) is 6.61 Å². The number of hydrogen-bond acceptors (Lipinski definition) is 5. The van der Waals surface area contributed by atoms with Crippen molar-refractivity contribution in [2.45, 2.75) is 23.3 Å². The Morgan fingerprint density at radius 2 is 2.19 bits per heavy atom. The number of aliphatic hydroxyl groups excluding tert-OH is 2. The van der Waals surface area contributed by atoms with Crippen molar-refractivity contribution in [2.24, 2.45) is 0 Å². The lowest BCUT2D eigenvalue weighted by molar-refractivity contribution is 0.115. The lowest BCUT2D eigenvalue weighted by Crippen LogP contribution is -2.44. The second kappa shape index (κ2) is 5.44. The zero-order chi connectivity index (χ0) is 12.3. The summed E-state index contributed by atoms with van der Waals surface area (Å²) >= 11 is 6.54. The van der Waals surface area contributed by atoms with Gasteiger partial charge in [0.1, 0.15) is 4.21 Å². The summed E-state index contributed by atoms with van der Waals surface area (Å²) in [5.41, 5.74) is 0. The minimum Gasteiger partial charge on any atom is -0.395 e. The second-order valence-corrected chi connectivity index (χ2v) is 6.87.